The quantitative estimate of drug-likeness (QED) is 0.819. The van der Waals surface area contributed by atoms with Crippen molar-refractivity contribution in [2.75, 3.05) is 5.75 Å². The predicted octanol–water partition coefficient (Wildman–Crippen LogP) is 3.21. The van der Waals surface area contributed by atoms with Crippen LogP contribution in [0, 0.1) is 12.3 Å². The van der Waals surface area contributed by atoms with Crippen LogP contribution in [0.5, 0.6) is 0 Å². The van der Waals surface area contributed by atoms with Crippen LogP contribution in [-0.4, -0.2) is 28.5 Å². The second kappa shape index (κ2) is 5.05. The Morgan fingerprint density at radius 1 is 1.00 bits per heavy atom. The number of thioether (sulfide) groups is 1. The van der Waals surface area contributed by atoms with Crippen molar-refractivity contribution in [2.24, 2.45) is 5.41 Å². The molecule has 0 radical (unpaired) electrons. The summed E-state index contributed by atoms with van der Waals surface area (Å²) in [6, 6.07) is 14.8. The average molecular weight is 324 g/mol. The molecule has 1 heterocycles. The number of aliphatic hydroxyl groups excluding tert-OH is 1. The van der Waals surface area contributed by atoms with Crippen molar-refractivity contribution >= 4 is 23.3 Å². The third-order valence-corrected chi connectivity index (χ3v) is 6.39. The SMILES string of the molecule is Cc1ccc([C@@H]2SC[C@H](O)C23C(=O)c2ccccc2C3=O)cc1. The molecule has 2 atom stereocenters. The third kappa shape index (κ3) is 1.82. The predicted molar refractivity (Wildman–Crippen MR) is 89.9 cm³/mol. The number of rotatable bonds is 1. The van der Waals surface area contributed by atoms with Gasteiger partial charge in [0, 0.05) is 16.9 Å². The van der Waals surface area contributed by atoms with E-state index in [4.69, 9.17) is 0 Å². The van der Waals surface area contributed by atoms with Crippen LogP contribution in [0.1, 0.15) is 37.1 Å². The topological polar surface area (TPSA) is 54.4 Å². The monoisotopic (exact) mass is 324 g/mol. The van der Waals surface area contributed by atoms with Gasteiger partial charge in [0.15, 0.2) is 11.6 Å². The number of Topliss-reactive ketones (excluding diaryl/α,β-unsaturated/α-hetero) is 2. The Morgan fingerprint density at radius 2 is 1.57 bits per heavy atom. The number of aliphatic hydroxyl groups is 1. The van der Waals surface area contributed by atoms with Gasteiger partial charge in [0.05, 0.1) is 11.4 Å². The highest BCUT2D eigenvalue weighted by Crippen LogP contribution is 2.59. The Morgan fingerprint density at radius 3 is 2.13 bits per heavy atom. The molecule has 2 aliphatic rings. The zero-order chi connectivity index (χ0) is 16.2. The molecule has 4 rings (SSSR count). The second-order valence-corrected chi connectivity index (χ2v) is 7.35. The number of hydrogen-bond donors (Lipinski definition) is 1. The lowest BCUT2D eigenvalue weighted by Crippen LogP contribution is -2.45. The van der Waals surface area contributed by atoms with Crippen LogP contribution in [0.4, 0.5) is 0 Å². The molecular formula is C19H16O3S. The van der Waals surface area contributed by atoms with Gasteiger partial charge in [-0.3, -0.25) is 9.59 Å². The van der Waals surface area contributed by atoms with Crippen LogP contribution < -0.4 is 0 Å². The molecule has 116 valence electrons. The standard InChI is InChI=1S/C19H16O3S/c1-11-6-8-12(9-7-11)18-19(15(20)10-23-18)16(21)13-4-2-3-5-14(13)17(19)22/h2-9,15,18,20H,10H2,1H3/t15-,18-/m0/s1. The highest BCUT2D eigenvalue weighted by atomic mass is 32.2. The Labute approximate surface area is 138 Å². The van der Waals surface area contributed by atoms with Crippen molar-refractivity contribution in [1.29, 1.82) is 0 Å². The number of ketones is 2. The maximum absolute atomic E-state index is 13.1. The van der Waals surface area contributed by atoms with Crippen molar-refractivity contribution in [1.82, 2.24) is 0 Å². The molecule has 2 aromatic rings. The molecule has 1 fully saturated rings. The molecule has 0 amide bonds. The summed E-state index contributed by atoms with van der Waals surface area (Å²) in [5, 5.41) is 10.3. The summed E-state index contributed by atoms with van der Waals surface area (Å²) >= 11 is 1.49. The third-order valence-electron chi connectivity index (χ3n) is 4.91. The maximum atomic E-state index is 13.1. The maximum Gasteiger partial charge on any atom is 0.181 e. The number of benzene rings is 2. The van der Waals surface area contributed by atoms with Crippen molar-refractivity contribution in [3.8, 4) is 0 Å². The largest absolute Gasteiger partial charge is 0.391 e. The van der Waals surface area contributed by atoms with Gasteiger partial charge in [0.25, 0.3) is 0 Å². The zero-order valence-electron chi connectivity index (χ0n) is 12.7. The van der Waals surface area contributed by atoms with E-state index in [9.17, 15) is 14.7 Å². The van der Waals surface area contributed by atoms with Crippen LogP contribution in [0.15, 0.2) is 48.5 Å². The van der Waals surface area contributed by atoms with E-state index in [1.54, 1.807) is 24.3 Å². The number of aryl methyl sites for hydroxylation is 1. The highest BCUT2D eigenvalue weighted by molar-refractivity contribution is 8.00. The van der Waals surface area contributed by atoms with E-state index < -0.39 is 11.5 Å². The van der Waals surface area contributed by atoms with Gasteiger partial charge in [-0.15, -0.1) is 11.8 Å². The van der Waals surface area contributed by atoms with Gasteiger partial charge in [-0.2, -0.15) is 0 Å². The molecule has 23 heavy (non-hydrogen) atoms. The van der Waals surface area contributed by atoms with E-state index >= 15 is 0 Å². The summed E-state index contributed by atoms with van der Waals surface area (Å²) < 4.78 is 0. The molecule has 1 saturated heterocycles. The molecule has 1 aliphatic heterocycles. The lowest BCUT2D eigenvalue weighted by Gasteiger charge is -2.30. The van der Waals surface area contributed by atoms with Gasteiger partial charge in [-0.1, -0.05) is 54.1 Å². The molecule has 1 spiro atoms. The average Bonchev–Trinajstić information content (AvgIpc) is 3.02. The minimum absolute atomic E-state index is 0.235. The Hall–Kier alpha value is -1.91. The van der Waals surface area contributed by atoms with Gasteiger partial charge in [0.2, 0.25) is 0 Å². The molecule has 4 heteroatoms. The van der Waals surface area contributed by atoms with Crippen molar-refractivity contribution < 1.29 is 14.7 Å². The van der Waals surface area contributed by atoms with Gasteiger partial charge >= 0.3 is 0 Å². The van der Waals surface area contributed by atoms with Crippen LogP contribution in [0.2, 0.25) is 0 Å². The molecule has 2 aromatic carbocycles. The van der Waals surface area contributed by atoms with Gasteiger partial charge in [-0.05, 0) is 12.5 Å². The zero-order valence-corrected chi connectivity index (χ0v) is 13.5. The van der Waals surface area contributed by atoms with E-state index in [0.29, 0.717) is 16.9 Å². The molecule has 0 unspecified atom stereocenters. The first-order valence-corrected chi connectivity index (χ1v) is 8.66. The van der Waals surface area contributed by atoms with Gasteiger partial charge in [-0.25, -0.2) is 0 Å². The first-order chi connectivity index (χ1) is 11.1. The van der Waals surface area contributed by atoms with E-state index in [2.05, 4.69) is 0 Å². The lowest BCUT2D eigenvalue weighted by atomic mass is 9.73. The van der Waals surface area contributed by atoms with Gasteiger partial charge in [0.1, 0.15) is 5.41 Å². The van der Waals surface area contributed by atoms with E-state index in [-0.39, 0.29) is 16.8 Å². The molecule has 0 aromatic heterocycles. The number of carbonyl (C=O) groups excluding carboxylic acids is 2. The minimum atomic E-state index is -1.37. The van der Waals surface area contributed by atoms with Crippen molar-refractivity contribution in [2.45, 2.75) is 18.3 Å². The van der Waals surface area contributed by atoms with Crippen LogP contribution in [0.3, 0.4) is 0 Å². The molecule has 3 nitrogen and oxygen atoms in total. The summed E-state index contributed by atoms with van der Waals surface area (Å²) in [6.45, 7) is 2.00. The second-order valence-electron chi connectivity index (χ2n) is 6.21. The summed E-state index contributed by atoms with van der Waals surface area (Å²) in [5.41, 5.74) is 1.56. The van der Waals surface area contributed by atoms with Crippen LogP contribution >= 0.6 is 11.8 Å². The fraction of sp³-hybridized carbons (Fsp3) is 0.263. The summed E-state index contributed by atoms with van der Waals surface area (Å²) in [7, 11) is 0. The molecule has 1 aliphatic carbocycles. The normalized spacial score (nSPS) is 25.1. The van der Waals surface area contributed by atoms with Gasteiger partial charge < -0.3 is 5.11 Å². The van der Waals surface area contributed by atoms with Crippen LogP contribution in [-0.2, 0) is 0 Å². The summed E-state index contributed by atoms with van der Waals surface area (Å²) in [6.07, 6.45) is -0.953. The fourth-order valence-electron chi connectivity index (χ4n) is 3.69. The molecule has 0 bridgehead atoms. The van der Waals surface area contributed by atoms with Crippen molar-refractivity contribution in [3.05, 3.63) is 70.8 Å². The van der Waals surface area contributed by atoms with E-state index in [0.717, 1.165) is 11.1 Å². The van der Waals surface area contributed by atoms with Crippen LogP contribution in [0.25, 0.3) is 0 Å². The molecule has 1 N–H and O–H groups in total. The molecular weight excluding hydrogens is 308 g/mol. The van der Waals surface area contributed by atoms with E-state index in [1.165, 1.54) is 11.8 Å². The molecule has 0 saturated carbocycles. The highest BCUT2D eigenvalue weighted by Gasteiger charge is 2.65. The van der Waals surface area contributed by atoms with Crippen molar-refractivity contribution in [3.63, 3.8) is 0 Å². The fourth-order valence-corrected chi connectivity index (χ4v) is 5.32. The lowest BCUT2D eigenvalue weighted by molar-refractivity contribution is 0.0388. The smallest absolute Gasteiger partial charge is 0.181 e. The summed E-state index contributed by atoms with van der Waals surface area (Å²) in [5.74, 6) is -0.0772. The Balaban J connectivity index is 1.90. The first-order valence-electron chi connectivity index (χ1n) is 7.61. The number of hydrogen-bond acceptors (Lipinski definition) is 4. The first kappa shape index (κ1) is 14.7. The Bertz CT molecular complexity index is 775. The van der Waals surface area contributed by atoms with E-state index in [1.807, 2.05) is 31.2 Å². The Kier molecular flexibility index (Phi) is 3.22. The summed E-state index contributed by atoms with van der Waals surface area (Å²) in [4.78, 5) is 26.2. The number of fused-ring (bicyclic) bond motifs is 1. The minimum Gasteiger partial charge on any atom is -0.391 e. The number of carbonyl (C=O) groups is 2.